The van der Waals surface area contributed by atoms with Crippen LogP contribution in [0.2, 0.25) is 0 Å². The SMILES string of the molecule is c1ccc2c(c1)Oc1ccccc1N2c1cc(-c2nc3ccccc3o2)ccc1-c1ccc(-c2nc3ccccc3s2)cc1N1c2ccccc2Sc2ccccc21. The Morgan fingerprint density at radius 1 is 0.431 bits per heavy atom. The minimum absolute atomic E-state index is 0.561. The van der Waals surface area contributed by atoms with Crippen molar-refractivity contribution in [2.45, 2.75) is 9.79 Å². The summed E-state index contributed by atoms with van der Waals surface area (Å²) < 4.78 is 14.1. The zero-order chi connectivity index (χ0) is 38.2. The predicted octanol–water partition coefficient (Wildman–Crippen LogP) is 14.9. The number of benzene rings is 8. The number of anilines is 6. The van der Waals surface area contributed by atoms with E-state index in [0.29, 0.717) is 5.89 Å². The maximum absolute atomic E-state index is 6.53. The summed E-state index contributed by atoms with van der Waals surface area (Å²) in [5.41, 5.74) is 12.7. The van der Waals surface area contributed by atoms with Crippen LogP contribution in [0.4, 0.5) is 34.1 Å². The topological polar surface area (TPSA) is 54.6 Å². The van der Waals surface area contributed by atoms with Crippen LogP contribution in [0.1, 0.15) is 0 Å². The van der Waals surface area contributed by atoms with Crippen LogP contribution in [0.3, 0.4) is 0 Å². The van der Waals surface area contributed by atoms with Gasteiger partial charge in [-0.15, -0.1) is 11.3 Å². The van der Waals surface area contributed by atoms with Crippen molar-refractivity contribution in [2.24, 2.45) is 0 Å². The van der Waals surface area contributed by atoms with Gasteiger partial charge in [-0.25, -0.2) is 9.97 Å². The molecule has 12 rings (SSSR count). The molecule has 8 aromatic carbocycles. The molecule has 0 amide bonds. The Kier molecular flexibility index (Phi) is 7.54. The van der Waals surface area contributed by atoms with Gasteiger partial charge >= 0.3 is 0 Å². The van der Waals surface area contributed by atoms with Crippen molar-refractivity contribution in [3.05, 3.63) is 182 Å². The molecule has 0 saturated carbocycles. The number of hydrogen-bond acceptors (Lipinski definition) is 8. The van der Waals surface area contributed by atoms with E-state index in [1.165, 1.54) is 9.79 Å². The number of aromatic nitrogens is 2. The van der Waals surface area contributed by atoms with E-state index in [0.717, 1.165) is 94.2 Å². The van der Waals surface area contributed by atoms with E-state index < -0.39 is 0 Å². The van der Waals surface area contributed by atoms with E-state index in [4.69, 9.17) is 19.1 Å². The van der Waals surface area contributed by atoms with Gasteiger partial charge in [-0.05, 0) is 91.0 Å². The monoisotopic (exact) mass is 782 g/mol. The van der Waals surface area contributed by atoms with Gasteiger partial charge in [0.2, 0.25) is 5.89 Å². The molecule has 6 nitrogen and oxygen atoms in total. The van der Waals surface area contributed by atoms with E-state index in [-0.39, 0.29) is 0 Å². The summed E-state index contributed by atoms with van der Waals surface area (Å²) in [6.07, 6.45) is 0. The lowest BCUT2D eigenvalue weighted by atomic mass is 9.95. The van der Waals surface area contributed by atoms with Crippen LogP contribution in [-0.2, 0) is 0 Å². The Bertz CT molecular complexity index is 2870. The Hall–Kier alpha value is -7.13. The van der Waals surface area contributed by atoms with Crippen LogP contribution >= 0.6 is 23.1 Å². The maximum atomic E-state index is 6.53. The lowest BCUT2D eigenvalue weighted by Gasteiger charge is -2.36. The molecule has 0 N–H and O–H groups in total. The molecule has 8 heteroatoms. The molecule has 0 bridgehead atoms. The van der Waals surface area contributed by atoms with Gasteiger partial charge in [0.25, 0.3) is 0 Å². The van der Waals surface area contributed by atoms with Crippen LogP contribution in [0.5, 0.6) is 11.5 Å². The van der Waals surface area contributed by atoms with Crippen molar-refractivity contribution < 1.29 is 9.15 Å². The number of oxazole rings is 1. The molecule has 0 atom stereocenters. The lowest BCUT2D eigenvalue weighted by molar-refractivity contribution is 0.477. The number of fused-ring (bicyclic) bond motifs is 6. The number of rotatable bonds is 5. The van der Waals surface area contributed by atoms with Gasteiger partial charge < -0.3 is 19.0 Å². The fourth-order valence-electron chi connectivity index (χ4n) is 8.07. The molecule has 2 aliphatic rings. The summed E-state index contributed by atoms with van der Waals surface area (Å²) in [5, 5.41) is 0.976. The van der Waals surface area contributed by atoms with Crippen LogP contribution in [-0.4, -0.2) is 9.97 Å². The Morgan fingerprint density at radius 2 is 0.966 bits per heavy atom. The fourth-order valence-corrected chi connectivity index (χ4v) is 10.1. The second kappa shape index (κ2) is 13.2. The zero-order valence-electron chi connectivity index (χ0n) is 30.7. The summed E-state index contributed by atoms with van der Waals surface area (Å²) in [6.45, 7) is 0. The van der Waals surface area contributed by atoms with Crippen molar-refractivity contribution >= 4 is 78.5 Å². The number of nitrogens with zero attached hydrogens (tertiary/aromatic N) is 4. The van der Waals surface area contributed by atoms with E-state index >= 15 is 0 Å². The van der Waals surface area contributed by atoms with E-state index in [1.807, 2.05) is 54.6 Å². The normalized spacial score (nSPS) is 12.8. The highest BCUT2D eigenvalue weighted by atomic mass is 32.2. The quantitative estimate of drug-likeness (QED) is 0.172. The molecule has 0 spiro atoms. The Morgan fingerprint density at radius 3 is 1.64 bits per heavy atom. The van der Waals surface area contributed by atoms with Crippen LogP contribution < -0.4 is 14.5 Å². The first kappa shape index (κ1) is 33.1. The summed E-state index contributed by atoms with van der Waals surface area (Å²) in [6, 6.07) is 63.4. The molecule has 4 heterocycles. The van der Waals surface area contributed by atoms with Crippen molar-refractivity contribution in [1.82, 2.24) is 9.97 Å². The van der Waals surface area contributed by atoms with Gasteiger partial charge in [-0.1, -0.05) is 103 Å². The molecule has 2 aromatic heterocycles. The van der Waals surface area contributed by atoms with Crippen molar-refractivity contribution in [2.75, 3.05) is 9.80 Å². The predicted molar refractivity (Wildman–Crippen MR) is 237 cm³/mol. The second-order valence-electron chi connectivity index (χ2n) is 14.2. The molecule has 0 unspecified atom stereocenters. The van der Waals surface area contributed by atoms with Crippen molar-refractivity contribution in [3.8, 4) is 44.7 Å². The minimum atomic E-state index is 0.561. The maximum Gasteiger partial charge on any atom is 0.227 e. The summed E-state index contributed by atoms with van der Waals surface area (Å²) in [5.74, 6) is 2.12. The highest BCUT2D eigenvalue weighted by Gasteiger charge is 2.31. The number of para-hydroxylation sites is 9. The zero-order valence-corrected chi connectivity index (χ0v) is 32.4. The summed E-state index contributed by atoms with van der Waals surface area (Å²) in [7, 11) is 0. The fraction of sp³-hybridized carbons (Fsp3) is 0. The summed E-state index contributed by atoms with van der Waals surface area (Å²) >= 11 is 3.52. The molecule has 0 fully saturated rings. The number of ether oxygens (including phenoxy) is 1. The average molecular weight is 783 g/mol. The van der Waals surface area contributed by atoms with Gasteiger partial charge in [-0.3, -0.25) is 0 Å². The third-order valence-corrected chi connectivity index (χ3v) is 12.9. The van der Waals surface area contributed by atoms with Crippen LogP contribution in [0, 0.1) is 0 Å². The van der Waals surface area contributed by atoms with Crippen molar-refractivity contribution in [3.63, 3.8) is 0 Å². The molecule has 2 aliphatic heterocycles. The van der Waals surface area contributed by atoms with Gasteiger partial charge in [0.15, 0.2) is 17.1 Å². The molecule has 10 aromatic rings. The van der Waals surface area contributed by atoms with Crippen LogP contribution in [0.15, 0.2) is 196 Å². The van der Waals surface area contributed by atoms with Gasteiger partial charge in [-0.2, -0.15) is 0 Å². The molecule has 0 aliphatic carbocycles. The largest absolute Gasteiger partial charge is 0.453 e. The van der Waals surface area contributed by atoms with E-state index in [1.54, 1.807) is 23.1 Å². The Labute approximate surface area is 342 Å². The number of thiazole rings is 1. The number of hydrogen-bond donors (Lipinski definition) is 0. The van der Waals surface area contributed by atoms with Gasteiger partial charge in [0.05, 0.1) is 44.3 Å². The van der Waals surface area contributed by atoms with Crippen LogP contribution in [0.25, 0.3) is 54.5 Å². The lowest BCUT2D eigenvalue weighted by Crippen LogP contribution is -2.18. The average Bonchev–Trinajstić information content (AvgIpc) is 3.92. The minimum Gasteiger partial charge on any atom is -0.453 e. The molecular weight excluding hydrogens is 753 g/mol. The first-order valence-electron chi connectivity index (χ1n) is 19.1. The molecule has 58 heavy (non-hydrogen) atoms. The smallest absolute Gasteiger partial charge is 0.227 e. The first-order chi connectivity index (χ1) is 28.7. The van der Waals surface area contributed by atoms with Gasteiger partial charge in [0.1, 0.15) is 10.5 Å². The molecular formula is C50H30N4O2S2. The second-order valence-corrected chi connectivity index (χ2v) is 16.3. The molecule has 274 valence electrons. The highest BCUT2D eigenvalue weighted by molar-refractivity contribution is 7.99. The highest BCUT2D eigenvalue weighted by Crippen LogP contribution is 2.57. The third kappa shape index (κ3) is 5.34. The van der Waals surface area contributed by atoms with Crippen molar-refractivity contribution in [1.29, 1.82) is 0 Å². The van der Waals surface area contributed by atoms with E-state index in [9.17, 15) is 0 Å². The Balaban J connectivity index is 1.15. The first-order valence-corrected chi connectivity index (χ1v) is 20.7. The molecule has 0 radical (unpaired) electrons. The third-order valence-electron chi connectivity index (χ3n) is 10.7. The molecule has 0 saturated heterocycles. The van der Waals surface area contributed by atoms with Gasteiger partial charge in [0, 0.05) is 32.0 Å². The standard InChI is InChI=1S/C50H30N4O2S2/c1-7-19-43-35(13-1)51-49(56-43)31-25-27-33(41(29-31)53-37-15-3-8-20-44(37)55-45-21-9-4-16-38(45)53)34-28-26-32(50-52-36-14-2-10-22-46(36)58-50)30-42(34)54-39-17-5-11-23-47(39)57-48-24-12-6-18-40(48)54/h1-30H. The van der Waals surface area contributed by atoms with E-state index in [2.05, 4.69) is 137 Å². The summed E-state index contributed by atoms with van der Waals surface area (Å²) in [4.78, 5) is 17.2.